The summed E-state index contributed by atoms with van der Waals surface area (Å²) >= 11 is 0. The Morgan fingerprint density at radius 2 is 2.10 bits per heavy atom. The molecule has 1 heterocycles. The fourth-order valence-corrected chi connectivity index (χ4v) is 2.32. The van der Waals surface area contributed by atoms with Gasteiger partial charge in [-0.05, 0) is 51.0 Å². The zero-order chi connectivity index (χ0) is 15.6. The van der Waals surface area contributed by atoms with Crippen molar-refractivity contribution in [2.45, 2.75) is 39.4 Å². The van der Waals surface area contributed by atoms with E-state index in [1.54, 1.807) is 17.0 Å². The molecule has 5 heteroatoms. The Kier molecular flexibility index (Phi) is 4.42. The van der Waals surface area contributed by atoms with Crippen LogP contribution in [0.4, 0.5) is 4.79 Å². The fourth-order valence-electron chi connectivity index (χ4n) is 2.32. The Morgan fingerprint density at radius 1 is 1.38 bits per heavy atom. The minimum absolute atomic E-state index is 0.211. The third-order valence-corrected chi connectivity index (χ3v) is 3.17. The lowest BCUT2D eigenvalue weighted by Crippen LogP contribution is -2.44. The summed E-state index contributed by atoms with van der Waals surface area (Å²) in [5, 5.41) is 9.69. The minimum Gasteiger partial charge on any atom is -0.508 e. The van der Waals surface area contributed by atoms with E-state index in [0.717, 1.165) is 11.1 Å². The summed E-state index contributed by atoms with van der Waals surface area (Å²) in [6.45, 7) is 8.86. The van der Waals surface area contributed by atoms with E-state index < -0.39 is 5.60 Å². The van der Waals surface area contributed by atoms with Crippen LogP contribution in [0, 0.1) is 6.92 Å². The number of nitrogens with zero attached hydrogens (tertiary/aromatic N) is 1. The van der Waals surface area contributed by atoms with E-state index in [9.17, 15) is 9.90 Å². The Bertz CT molecular complexity index is 501. The number of carbonyl (C=O) groups excluding carboxylic acids is 1. The van der Waals surface area contributed by atoms with Gasteiger partial charge >= 0.3 is 6.09 Å². The van der Waals surface area contributed by atoms with Gasteiger partial charge in [0.1, 0.15) is 17.5 Å². The number of rotatable bonds is 1. The molecule has 21 heavy (non-hydrogen) atoms. The summed E-state index contributed by atoms with van der Waals surface area (Å²) in [5.41, 5.74) is 1.33. The van der Waals surface area contributed by atoms with Gasteiger partial charge in [-0.1, -0.05) is 6.07 Å². The number of hydrogen-bond donors (Lipinski definition) is 1. The van der Waals surface area contributed by atoms with Crippen LogP contribution >= 0.6 is 0 Å². The van der Waals surface area contributed by atoms with Gasteiger partial charge in [0.15, 0.2) is 0 Å². The maximum Gasteiger partial charge on any atom is 0.410 e. The van der Waals surface area contributed by atoms with Gasteiger partial charge in [0, 0.05) is 6.54 Å². The topological polar surface area (TPSA) is 59.0 Å². The van der Waals surface area contributed by atoms with Crippen LogP contribution in [0.25, 0.3) is 0 Å². The molecule has 1 unspecified atom stereocenters. The van der Waals surface area contributed by atoms with Gasteiger partial charge in [0.2, 0.25) is 0 Å². The summed E-state index contributed by atoms with van der Waals surface area (Å²) < 4.78 is 11.1. The maximum atomic E-state index is 12.1. The van der Waals surface area contributed by atoms with E-state index in [1.807, 2.05) is 33.8 Å². The van der Waals surface area contributed by atoms with E-state index in [0.29, 0.717) is 19.7 Å². The second-order valence-corrected chi connectivity index (χ2v) is 6.39. The normalized spacial score (nSPS) is 19.4. The molecule has 1 amide bonds. The molecular weight excluding hydrogens is 270 g/mol. The van der Waals surface area contributed by atoms with Crippen molar-refractivity contribution in [1.29, 1.82) is 0 Å². The molecule has 0 spiro atoms. The number of carbonyl (C=O) groups is 1. The molecule has 1 saturated heterocycles. The lowest BCUT2D eigenvalue weighted by Gasteiger charge is -2.34. The summed E-state index contributed by atoms with van der Waals surface area (Å²) in [6.07, 6.45) is -0.565. The SMILES string of the molecule is Cc1cc(O)cc(C2CN(C(=O)OC(C)(C)C)CCO2)c1. The molecule has 1 aromatic carbocycles. The smallest absolute Gasteiger partial charge is 0.410 e. The number of benzene rings is 1. The van der Waals surface area contributed by atoms with Gasteiger partial charge in [-0.25, -0.2) is 4.79 Å². The highest BCUT2D eigenvalue weighted by molar-refractivity contribution is 5.68. The first-order chi connectivity index (χ1) is 9.74. The summed E-state index contributed by atoms with van der Waals surface area (Å²) in [6, 6.07) is 5.33. The Balaban J connectivity index is 2.08. The predicted octanol–water partition coefficient (Wildman–Crippen LogP) is 3.01. The van der Waals surface area contributed by atoms with Crippen molar-refractivity contribution in [3.63, 3.8) is 0 Å². The summed E-state index contributed by atoms with van der Waals surface area (Å²) in [4.78, 5) is 13.8. The highest BCUT2D eigenvalue weighted by Gasteiger charge is 2.29. The number of amides is 1. The van der Waals surface area contributed by atoms with Gasteiger partial charge < -0.3 is 19.5 Å². The van der Waals surface area contributed by atoms with Crippen molar-refractivity contribution in [1.82, 2.24) is 4.90 Å². The first-order valence-corrected chi connectivity index (χ1v) is 7.15. The van der Waals surface area contributed by atoms with Crippen LogP contribution in [0.15, 0.2) is 18.2 Å². The average Bonchev–Trinajstić information content (AvgIpc) is 2.36. The second kappa shape index (κ2) is 5.93. The highest BCUT2D eigenvalue weighted by atomic mass is 16.6. The first-order valence-electron chi connectivity index (χ1n) is 7.15. The number of aromatic hydroxyl groups is 1. The van der Waals surface area contributed by atoms with Crippen LogP contribution in [0.1, 0.15) is 38.0 Å². The van der Waals surface area contributed by atoms with E-state index in [2.05, 4.69) is 0 Å². The van der Waals surface area contributed by atoms with Crippen LogP contribution in [0.2, 0.25) is 0 Å². The molecular formula is C16H23NO4. The molecule has 0 bridgehead atoms. The Labute approximate surface area is 125 Å². The van der Waals surface area contributed by atoms with Crippen molar-refractivity contribution < 1.29 is 19.4 Å². The van der Waals surface area contributed by atoms with Gasteiger partial charge in [-0.2, -0.15) is 0 Å². The molecule has 1 aliphatic rings. The standard InChI is InChI=1S/C16H23NO4/c1-11-7-12(9-13(18)8-11)14-10-17(5-6-20-14)15(19)21-16(2,3)4/h7-9,14,18H,5-6,10H2,1-4H3. The Hall–Kier alpha value is -1.75. The van der Waals surface area contributed by atoms with Crippen LogP contribution < -0.4 is 0 Å². The molecule has 1 aromatic rings. The molecule has 5 nitrogen and oxygen atoms in total. The Morgan fingerprint density at radius 3 is 2.71 bits per heavy atom. The molecule has 116 valence electrons. The van der Waals surface area contributed by atoms with E-state index in [4.69, 9.17) is 9.47 Å². The molecule has 1 N–H and O–H groups in total. The molecule has 1 aliphatic heterocycles. The van der Waals surface area contributed by atoms with Gasteiger partial charge in [0.05, 0.1) is 13.2 Å². The van der Waals surface area contributed by atoms with Gasteiger partial charge in [-0.15, -0.1) is 0 Å². The fraction of sp³-hybridized carbons (Fsp3) is 0.562. The third kappa shape index (κ3) is 4.36. The number of hydrogen-bond acceptors (Lipinski definition) is 4. The number of phenols is 1. The number of phenolic OH excluding ortho intramolecular Hbond substituents is 1. The molecule has 1 fully saturated rings. The first kappa shape index (κ1) is 15.6. The van der Waals surface area contributed by atoms with Gasteiger partial charge in [-0.3, -0.25) is 0 Å². The van der Waals surface area contributed by atoms with E-state index >= 15 is 0 Å². The van der Waals surface area contributed by atoms with Crippen molar-refractivity contribution in [3.05, 3.63) is 29.3 Å². The number of morpholine rings is 1. The zero-order valence-electron chi connectivity index (χ0n) is 13.0. The molecule has 0 saturated carbocycles. The molecule has 0 radical (unpaired) electrons. The maximum absolute atomic E-state index is 12.1. The summed E-state index contributed by atoms with van der Waals surface area (Å²) in [7, 11) is 0. The quantitative estimate of drug-likeness (QED) is 0.864. The number of aryl methyl sites for hydroxylation is 1. The lowest BCUT2D eigenvalue weighted by molar-refractivity contribution is -0.0433. The summed E-state index contributed by atoms with van der Waals surface area (Å²) in [5.74, 6) is 0.211. The lowest BCUT2D eigenvalue weighted by atomic mass is 10.0. The zero-order valence-corrected chi connectivity index (χ0v) is 13.0. The number of ether oxygens (including phenoxy) is 2. The molecule has 1 atom stereocenters. The van der Waals surface area contributed by atoms with Gasteiger partial charge in [0.25, 0.3) is 0 Å². The minimum atomic E-state index is -0.507. The van der Waals surface area contributed by atoms with Crippen molar-refractivity contribution in [2.75, 3.05) is 19.7 Å². The monoisotopic (exact) mass is 293 g/mol. The van der Waals surface area contributed by atoms with Crippen molar-refractivity contribution >= 4 is 6.09 Å². The van der Waals surface area contributed by atoms with E-state index in [-0.39, 0.29) is 17.9 Å². The van der Waals surface area contributed by atoms with Crippen LogP contribution in [0.3, 0.4) is 0 Å². The average molecular weight is 293 g/mol. The molecule has 0 aliphatic carbocycles. The largest absolute Gasteiger partial charge is 0.508 e. The van der Waals surface area contributed by atoms with Crippen LogP contribution in [0.5, 0.6) is 5.75 Å². The molecule has 0 aromatic heterocycles. The van der Waals surface area contributed by atoms with Crippen LogP contribution in [-0.4, -0.2) is 41.4 Å². The highest BCUT2D eigenvalue weighted by Crippen LogP contribution is 2.27. The van der Waals surface area contributed by atoms with Crippen molar-refractivity contribution in [3.8, 4) is 5.75 Å². The predicted molar refractivity (Wildman–Crippen MR) is 79.3 cm³/mol. The second-order valence-electron chi connectivity index (χ2n) is 6.39. The van der Waals surface area contributed by atoms with Crippen molar-refractivity contribution in [2.24, 2.45) is 0 Å². The third-order valence-electron chi connectivity index (χ3n) is 3.17. The van der Waals surface area contributed by atoms with Crippen LogP contribution in [-0.2, 0) is 9.47 Å². The van der Waals surface area contributed by atoms with E-state index in [1.165, 1.54) is 0 Å². The molecule has 2 rings (SSSR count).